The number of benzene rings is 4. The number of fused-ring (bicyclic) bond motifs is 2. The Balaban J connectivity index is 1.92. The number of phenolic OH excluding ortho intramolecular Hbond substituents is 5. The first-order valence-corrected chi connectivity index (χ1v) is 17.6. The molecule has 4 aromatic carbocycles. The van der Waals surface area contributed by atoms with Crippen molar-refractivity contribution < 1.29 is 35.1 Å². The minimum atomic E-state index is -0.518. The summed E-state index contributed by atoms with van der Waals surface area (Å²) < 4.78 is 0. The maximum atomic E-state index is 13.7. The lowest BCUT2D eigenvalue weighted by Gasteiger charge is -2.21. The lowest BCUT2D eigenvalue weighted by Crippen LogP contribution is -2.10. The standard InChI is InChI=1S/C41H52O7/c1-8-12-14-25(10-3)19-31(42)36-27-16-22(5)34(39(46)29(27)18-24(7)38(36)45)35-23(6)17-28-30(40(35)47)21-33(44)41(48)37(28)32(43)20-26(11-4)15-13-9-2/h16-18,21,25-26,44-48H,8-15,19-20H2,1-7H3. The molecular formula is C41H52O7. The maximum Gasteiger partial charge on any atom is 0.169 e. The van der Waals surface area contributed by atoms with Crippen LogP contribution in [0.4, 0.5) is 0 Å². The number of aromatic hydroxyl groups is 5. The summed E-state index contributed by atoms with van der Waals surface area (Å²) in [6, 6.07) is 6.34. The molecule has 0 aliphatic rings. The number of carbonyl (C=O) groups is 2. The van der Waals surface area contributed by atoms with Crippen LogP contribution >= 0.6 is 0 Å². The molecule has 0 aliphatic heterocycles. The predicted molar refractivity (Wildman–Crippen MR) is 194 cm³/mol. The first-order valence-electron chi connectivity index (χ1n) is 17.6. The normalized spacial score (nSPS) is 12.9. The van der Waals surface area contributed by atoms with Crippen LogP contribution in [-0.4, -0.2) is 37.1 Å². The van der Waals surface area contributed by atoms with E-state index in [9.17, 15) is 35.1 Å². The van der Waals surface area contributed by atoms with Gasteiger partial charge in [0.05, 0.1) is 11.1 Å². The molecule has 0 saturated carbocycles. The van der Waals surface area contributed by atoms with Crippen molar-refractivity contribution in [3.05, 3.63) is 52.1 Å². The van der Waals surface area contributed by atoms with Crippen molar-refractivity contribution in [2.75, 3.05) is 0 Å². The zero-order valence-corrected chi connectivity index (χ0v) is 29.6. The van der Waals surface area contributed by atoms with Gasteiger partial charge in [-0.3, -0.25) is 9.59 Å². The first-order chi connectivity index (χ1) is 22.8. The summed E-state index contributed by atoms with van der Waals surface area (Å²) in [5.41, 5.74) is 2.37. The molecule has 0 saturated heterocycles. The fourth-order valence-electron chi connectivity index (χ4n) is 7.22. The molecule has 7 heteroatoms. The molecule has 0 bridgehead atoms. The molecule has 5 N–H and O–H groups in total. The molecule has 0 fully saturated rings. The van der Waals surface area contributed by atoms with Crippen LogP contribution in [0.1, 0.15) is 129 Å². The second kappa shape index (κ2) is 15.3. The number of ketones is 2. The zero-order chi connectivity index (χ0) is 35.4. The lowest BCUT2D eigenvalue weighted by atomic mass is 9.84. The highest BCUT2D eigenvalue weighted by atomic mass is 16.3. The number of rotatable bonds is 15. The highest BCUT2D eigenvalue weighted by Gasteiger charge is 2.28. The highest BCUT2D eigenvalue weighted by Crippen LogP contribution is 2.50. The van der Waals surface area contributed by atoms with Gasteiger partial charge in [-0.15, -0.1) is 0 Å². The van der Waals surface area contributed by atoms with Crippen molar-refractivity contribution in [2.45, 2.75) is 113 Å². The fourth-order valence-corrected chi connectivity index (χ4v) is 7.22. The Morgan fingerprint density at radius 2 is 0.938 bits per heavy atom. The summed E-state index contributed by atoms with van der Waals surface area (Å²) in [7, 11) is 0. The van der Waals surface area contributed by atoms with E-state index in [4.69, 9.17) is 0 Å². The molecule has 4 rings (SSSR count). The number of unbranched alkanes of at least 4 members (excludes halogenated alkanes) is 2. The summed E-state index contributed by atoms with van der Waals surface area (Å²) in [4.78, 5) is 27.4. The molecule has 0 aliphatic carbocycles. The van der Waals surface area contributed by atoms with Gasteiger partial charge in [-0.25, -0.2) is 0 Å². The van der Waals surface area contributed by atoms with Gasteiger partial charge in [-0.1, -0.05) is 79.1 Å². The molecule has 0 radical (unpaired) electrons. The molecule has 0 heterocycles. The van der Waals surface area contributed by atoms with E-state index in [2.05, 4.69) is 20.8 Å². The highest BCUT2D eigenvalue weighted by molar-refractivity contribution is 6.16. The average Bonchev–Trinajstić information content (AvgIpc) is 3.04. The summed E-state index contributed by atoms with van der Waals surface area (Å²) in [5.74, 6) is -1.69. The quantitative estimate of drug-likeness (QED) is 0.0634. The Kier molecular flexibility index (Phi) is 11.7. The van der Waals surface area contributed by atoms with Crippen molar-refractivity contribution in [3.8, 4) is 39.9 Å². The number of hydrogen-bond donors (Lipinski definition) is 5. The van der Waals surface area contributed by atoms with Crippen molar-refractivity contribution in [1.29, 1.82) is 0 Å². The van der Waals surface area contributed by atoms with Gasteiger partial charge in [0, 0.05) is 45.5 Å². The predicted octanol–water partition coefficient (Wildman–Crippen LogP) is 10.7. The van der Waals surface area contributed by atoms with Crippen LogP contribution in [0, 0.1) is 32.6 Å². The monoisotopic (exact) mass is 656 g/mol. The Bertz CT molecular complexity index is 1720. The Labute approximate surface area is 284 Å². The SMILES string of the molecule is CCCCC(CC)CC(=O)c1c(O)c(C)cc2c(O)c(-c3c(C)cc4c(C(=O)CC(CC)CCCC)c(O)c(O)cc4c3O)c(C)cc12. The smallest absolute Gasteiger partial charge is 0.169 e. The van der Waals surface area contributed by atoms with E-state index in [0.717, 1.165) is 51.4 Å². The fraction of sp³-hybridized carbons (Fsp3) is 0.463. The summed E-state index contributed by atoms with van der Waals surface area (Å²) in [6.07, 6.45) is 8.03. The molecular weight excluding hydrogens is 604 g/mol. The van der Waals surface area contributed by atoms with E-state index in [1.807, 2.05) is 6.92 Å². The van der Waals surface area contributed by atoms with Crippen molar-refractivity contribution in [2.24, 2.45) is 11.8 Å². The number of Topliss-reactive ketones (excluding diaryl/α,β-unsaturated/α-hetero) is 2. The Hall–Kier alpha value is -4.26. The van der Waals surface area contributed by atoms with Crippen LogP contribution < -0.4 is 0 Å². The van der Waals surface area contributed by atoms with Crippen molar-refractivity contribution in [3.63, 3.8) is 0 Å². The van der Waals surface area contributed by atoms with Crippen LogP contribution in [0.25, 0.3) is 32.7 Å². The van der Waals surface area contributed by atoms with Gasteiger partial charge in [-0.2, -0.15) is 0 Å². The minimum Gasteiger partial charge on any atom is -0.507 e. The van der Waals surface area contributed by atoms with Crippen LogP contribution in [0.2, 0.25) is 0 Å². The van der Waals surface area contributed by atoms with Gasteiger partial charge in [0.2, 0.25) is 0 Å². The van der Waals surface area contributed by atoms with E-state index >= 15 is 0 Å². The topological polar surface area (TPSA) is 135 Å². The van der Waals surface area contributed by atoms with Crippen molar-refractivity contribution >= 4 is 33.1 Å². The summed E-state index contributed by atoms with van der Waals surface area (Å²) in [5, 5.41) is 57.7. The van der Waals surface area contributed by atoms with E-state index in [1.165, 1.54) is 6.07 Å². The van der Waals surface area contributed by atoms with Crippen LogP contribution in [-0.2, 0) is 0 Å². The van der Waals surface area contributed by atoms with Gasteiger partial charge in [0.25, 0.3) is 0 Å². The molecule has 258 valence electrons. The van der Waals surface area contributed by atoms with Gasteiger partial charge in [0.15, 0.2) is 23.1 Å². The third-order valence-corrected chi connectivity index (χ3v) is 10.2. The second-order valence-electron chi connectivity index (χ2n) is 13.6. The molecule has 4 aromatic rings. The van der Waals surface area contributed by atoms with E-state index in [0.29, 0.717) is 50.4 Å². The van der Waals surface area contributed by atoms with Gasteiger partial charge in [-0.05, 0) is 73.6 Å². The van der Waals surface area contributed by atoms with Crippen LogP contribution in [0.5, 0.6) is 28.7 Å². The first kappa shape index (κ1) is 36.6. The molecule has 0 aromatic heterocycles. The lowest BCUT2D eigenvalue weighted by molar-refractivity contribution is 0.0947. The zero-order valence-electron chi connectivity index (χ0n) is 29.6. The van der Waals surface area contributed by atoms with E-state index in [-0.39, 0.29) is 63.6 Å². The van der Waals surface area contributed by atoms with Crippen molar-refractivity contribution in [1.82, 2.24) is 0 Å². The Morgan fingerprint density at radius 1 is 0.542 bits per heavy atom. The molecule has 7 nitrogen and oxygen atoms in total. The number of hydrogen-bond acceptors (Lipinski definition) is 7. The summed E-state index contributed by atoms with van der Waals surface area (Å²) >= 11 is 0. The largest absolute Gasteiger partial charge is 0.507 e. The maximum absolute atomic E-state index is 13.7. The molecule has 0 amide bonds. The average molecular weight is 657 g/mol. The van der Waals surface area contributed by atoms with E-state index < -0.39 is 11.5 Å². The second-order valence-corrected chi connectivity index (χ2v) is 13.6. The van der Waals surface area contributed by atoms with Crippen LogP contribution in [0.15, 0.2) is 24.3 Å². The third-order valence-electron chi connectivity index (χ3n) is 10.2. The molecule has 0 spiro atoms. The van der Waals surface area contributed by atoms with Gasteiger partial charge < -0.3 is 25.5 Å². The number of aryl methyl sites for hydroxylation is 3. The van der Waals surface area contributed by atoms with Gasteiger partial charge >= 0.3 is 0 Å². The number of phenols is 5. The van der Waals surface area contributed by atoms with Gasteiger partial charge in [0.1, 0.15) is 17.2 Å². The summed E-state index contributed by atoms with van der Waals surface area (Å²) in [6.45, 7) is 13.5. The molecule has 2 atom stereocenters. The Morgan fingerprint density at radius 3 is 1.35 bits per heavy atom. The third kappa shape index (κ3) is 6.96. The van der Waals surface area contributed by atoms with Crippen LogP contribution in [0.3, 0.4) is 0 Å². The molecule has 2 unspecified atom stereocenters. The van der Waals surface area contributed by atoms with E-state index in [1.54, 1.807) is 39.0 Å². The minimum absolute atomic E-state index is 0.0251. The molecule has 48 heavy (non-hydrogen) atoms. The number of carbonyl (C=O) groups excluding carboxylic acids is 2.